The molecule has 7 nitrogen and oxygen atoms in total. The van der Waals surface area contributed by atoms with Gasteiger partial charge in [0.05, 0.1) is 11.3 Å². The van der Waals surface area contributed by atoms with Gasteiger partial charge in [0.15, 0.2) is 0 Å². The van der Waals surface area contributed by atoms with Gasteiger partial charge in [-0.2, -0.15) is 4.68 Å². The topological polar surface area (TPSA) is 84.7 Å². The van der Waals surface area contributed by atoms with E-state index in [1.807, 2.05) is 0 Å². The normalized spacial score (nSPS) is 17.1. The minimum absolute atomic E-state index is 0. The number of nitrogens with zero attached hydrogens (tertiary/aromatic N) is 4. The minimum atomic E-state index is -0.165. The zero-order valence-electron chi connectivity index (χ0n) is 13.1. The summed E-state index contributed by atoms with van der Waals surface area (Å²) in [5, 5.41) is 17.9. The van der Waals surface area contributed by atoms with Crippen LogP contribution >= 0.6 is 24.0 Å². The van der Waals surface area contributed by atoms with Gasteiger partial charge in [-0.15, -0.1) is 17.5 Å². The lowest BCUT2D eigenvalue weighted by atomic mass is 9.96. The Morgan fingerprint density at radius 2 is 2.33 bits per heavy atom. The molecular weight excluding hydrogens is 351 g/mol. The average molecular weight is 371 g/mol. The number of rotatable bonds is 5. The molecule has 2 heterocycles. The summed E-state index contributed by atoms with van der Waals surface area (Å²) in [6.45, 7) is 2.77. The zero-order valence-corrected chi connectivity index (χ0v) is 14.7. The van der Waals surface area contributed by atoms with Crippen molar-refractivity contribution in [3.63, 3.8) is 0 Å². The lowest BCUT2D eigenvalue weighted by Crippen LogP contribution is -2.33. The van der Waals surface area contributed by atoms with Crippen molar-refractivity contribution < 1.29 is 4.79 Å². The van der Waals surface area contributed by atoms with Crippen molar-refractivity contribution in [1.29, 1.82) is 0 Å². The molecule has 2 aromatic rings. The van der Waals surface area contributed by atoms with E-state index >= 15 is 0 Å². The molecule has 0 aliphatic carbocycles. The van der Waals surface area contributed by atoms with E-state index in [0.29, 0.717) is 28.7 Å². The average Bonchev–Trinajstić information content (AvgIpc) is 3.10. The van der Waals surface area contributed by atoms with Gasteiger partial charge in [0.1, 0.15) is 6.33 Å². The van der Waals surface area contributed by atoms with E-state index in [1.54, 1.807) is 18.2 Å². The van der Waals surface area contributed by atoms with Crippen LogP contribution in [-0.4, -0.2) is 45.7 Å². The molecule has 9 heteroatoms. The highest BCUT2D eigenvalue weighted by molar-refractivity contribution is 6.31. The van der Waals surface area contributed by atoms with E-state index in [-0.39, 0.29) is 18.3 Å². The van der Waals surface area contributed by atoms with Crippen LogP contribution in [0.2, 0.25) is 5.02 Å². The molecule has 1 aromatic carbocycles. The summed E-state index contributed by atoms with van der Waals surface area (Å²) in [6, 6.07) is 5.08. The number of hydrogen-bond donors (Lipinski definition) is 2. The highest BCUT2D eigenvalue weighted by Gasteiger charge is 2.16. The molecule has 130 valence electrons. The van der Waals surface area contributed by atoms with Crippen LogP contribution < -0.4 is 10.6 Å². The quantitative estimate of drug-likeness (QED) is 0.838. The van der Waals surface area contributed by atoms with Crippen molar-refractivity contribution in [1.82, 2.24) is 30.8 Å². The van der Waals surface area contributed by atoms with Crippen LogP contribution in [0.25, 0.3) is 5.69 Å². The van der Waals surface area contributed by atoms with Crippen molar-refractivity contribution in [3.05, 3.63) is 35.1 Å². The highest BCUT2D eigenvalue weighted by atomic mass is 35.5. The van der Waals surface area contributed by atoms with Crippen LogP contribution in [-0.2, 0) is 0 Å². The molecule has 1 aliphatic heterocycles. The number of tetrazole rings is 1. The first kappa shape index (κ1) is 18.6. The Kier molecular flexibility index (Phi) is 6.96. The Morgan fingerprint density at radius 3 is 3.04 bits per heavy atom. The fraction of sp³-hybridized carbons (Fsp3) is 0.467. The van der Waals surface area contributed by atoms with Crippen LogP contribution in [0.5, 0.6) is 0 Å². The summed E-state index contributed by atoms with van der Waals surface area (Å²) in [5.41, 5.74) is 1.07. The minimum Gasteiger partial charge on any atom is -0.352 e. The number of carbonyl (C=O) groups excluding carboxylic acids is 1. The summed E-state index contributed by atoms with van der Waals surface area (Å²) in [7, 11) is 0. The molecule has 1 aliphatic rings. The third-order valence-corrected chi connectivity index (χ3v) is 4.27. The Bertz CT molecular complexity index is 658. The summed E-state index contributed by atoms with van der Waals surface area (Å²) in [4.78, 5) is 12.5. The number of halogens is 2. The van der Waals surface area contributed by atoms with Gasteiger partial charge in [-0.1, -0.05) is 11.6 Å². The van der Waals surface area contributed by atoms with Gasteiger partial charge in [0, 0.05) is 11.6 Å². The number of benzene rings is 1. The maximum absolute atomic E-state index is 12.5. The molecule has 1 saturated heterocycles. The number of nitrogens with one attached hydrogen (secondary N) is 2. The summed E-state index contributed by atoms with van der Waals surface area (Å²) >= 11 is 6.03. The molecular formula is C15H20Cl2N6O. The van der Waals surface area contributed by atoms with E-state index in [9.17, 15) is 4.79 Å². The van der Waals surface area contributed by atoms with Crippen molar-refractivity contribution in [2.75, 3.05) is 19.6 Å². The Hall–Kier alpha value is -1.70. The number of carbonyl (C=O) groups is 1. The number of aromatic nitrogens is 4. The van der Waals surface area contributed by atoms with Crippen LogP contribution in [0, 0.1) is 5.92 Å². The Labute approximate surface area is 151 Å². The number of hydrogen-bond acceptors (Lipinski definition) is 5. The van der Waals surface area contributed by atoms with E-state index in [2.05, 4.69) is 26.2 Å². The van der Waals surface area contributed by atoms with Crippen molar-refractivity contribution in [3.8, 4) is 5.69 Å². The fourth-order valence-electron chi connectivity index (χ4n) is 2.82. The molecule has 1 unspecified atom stereocenters. The summed E-state index contributed by atoms with van der Waals surface area (Å²) in [5.74, 6) is 0.462. The third kappa shape index (κ3) is 4.66. The Balaban J connectivity index is 0.00000208. The van der Waals surface area contributed by atoms with Gasteiger partial charge in [-0.05, 0) is 66.9 Å². The highest BCUT2D eigenvalue weighted by Crippen LogP contribution is 2.19. The molecule has 0 spiro atoms. The molecule has 1 aromatic heterocycles. The standard InChI is InChI=1S/C15H19ClN6O.ClH/c16-12-3-4-14(22-10-19-20-21-22)13(8-12)15(23)18-7-5-11-2-1-6-17-9-11;/h3-4,8,10-11,17H,1-2,5-7,9H2,(H,18,23);1H. The fourth-order valence-corrected chi connectivity index (χ4v) is 2.99. The van der Waals surface area contributed by atoms with Crippen LogP contribution in [0.4, 0.5) is 0 Å². The second-order valence-corrected chi connectivity index (χ2v) is 6.11. The molecule has 2 N–H and O–H groups in total. The molecule has 0 bridgehead atoms. The monoisotopic (exact) mass is 370 g/mol. The second-order valence-electron chi connectivity index (χ2n) is 5.67. The lowest BCUT2D eigenvalue weighted by Gasteiger charge is -2.22. The smallest absolute Gasteiger partial charge is 0.253 e. The van der Waals surface area contributed by atoms with Crippen molar-refractivity contribution in [2.45, 2.75) is 19.3 Å². The molecule has 0 saturated carbocycles. The SMILES string of the molecule is Cl.O=C(NCCC1CCCNC1)c1cc(Cl)ccc1-n1cnnn1. The van der Waals surface area contributed by atoms with Gasteiger partial charge in [-0.3, -0.25) is 4.79 Å². The van der Waals surface area contributed by atoms with E-state index in [0.717, 1.165) is 19.5 Å². The first-order valence-electron chi connectivity index (χ1n) is 7.76. The summed E-state index contributed by atoms with van der Waals surface area (Å²) < 4.78 is 1.45. The van der Waals surface area contributed by atoms with Crippen molar-refractivity contribution in [2.24, 2.45) is 5.92 Å². The van der Waals surface area contributed by atoms with E-state index in [4.69, 9.17) is 11.6 Å². The van der Waals surface area contributed by atoms with E-state index < -0.39 is 0 Å². The third-order valence-electron chi connectivity index (χ3n) is 4.04. The first-order valence-corrected chi connectivity index (χ1v) is 8.13. The van der Waals surface area contributed by atoms with Gasteiger partial charge in [0.25, 0.3) is 5.91 Å². The Morgan fingerprint density at radius 1 is 1.46 bits per heavy atom. The predicted octanol–water partition coefficient (Wildman–Crippen LogP) is 1.86. The molecule has 24 heavy (non-hydrogen) atoms. The van der Waals surface area contributed by atoms with Crippen LogP contribution in [0.1, 0.15) is 29.6 Å². The maximum Gasteiger partial charge on any atom is 0.253 e. The largest absolute Gasteiger partial charge is 0.352 e. The lowest BCUT2D eigenvalue weighted by molar-refractivity contribution is 0.0950. The first-order chi connectivity index (χ1) is 11.2. The number of amides is 1. The summed E-state index contributed by atoms with van der Waals surface area (Å²) in [6.07, 6.45) is 4.85. The number of piperidine rings is 1. The van der Waals surface area contributed by atoms with E-state index in [1.165, 1.54) is 23.9 Å². The molecule has 0 radical (unpaired) electrons. The predicted molar refractivity (Wildman–Crippen MR) is 94.0 cm³/mol. The van der Waals surface area contributed by atoms with Gasteiger partial charge >= 0.3 is 0 Å². The van der Waals surface area contributed by atoms with Gasteiger partial charge in [0.2, 0.25) is 0 Å². The van der Waals surface area contributed by atoms with Gasteiger partial charge in [-0.25, -0.2) is 0 Å². The second kappa shape index (κ2) is 8.96. The molecule has 1 amide bonds. The van der Waals surface area contributed by atoms with Crippen LogP contribution in [0.15, 0.2) is 24.5 Å². The molecule has 3 rings (SSSR count). The van der Waals surface area contributed by atoms with Crippen LogP contribution in [0.3, 0.4) is 0 Å². The molecule has 1 atom stereocenters. The van der Waals surface area contributed by atoms with Crippen molar-refractivity contribution >= 4 is 29.9 Å². The molecule has 1 fully saturated rings. The zero-order chi connectivity index (χ0) is 16.1. The maximum atomic E-state index is 12.5. The van der Waals surface area contributed by atoms with Gasteiger partial charge < -0.3 is 10.6 Å².